The molecular weight excluding hydrogens is 190 g/mol. The van der Waals surface area contributed by atoms with E-state index in [0.29, 0.717) is 5.92 Å². The number of hydrogen-bond acceptors (Lipinski definition) is 5. The fourth-order valence-electron chi connectivity index (χ4n) is 1.34. The Bertz CT molecular complexity index is 332. The molecule has 0 radical (unpaired) electrons. The number of nitro groups is 1. The summed E-state index contributed by atoms with van der Waals surface area (Å²) in [5.74, 6) is 0.683. The number of hydrogen-bond donors (Lipinski definition) is 0. The van der Waals surface area contributed by atoms with Crippen LogP contribution in [-0.4, -0.2) is 23.0 Å². The number of thiazole rings is 1. The maximum absolute atomic E-state index is 10.4. The van der Waals surface area contributed by atoms with Crippen molar-refractivity contribution in [3.63, 3.8) is 0 Å². The molecule has 2 rings (SSSR count). The summed E-state index contributed by atoms with van der Waals surface area (Å²) in [6, 6.07) is 0. The Balaban J connectivity index is 2.10. The van der Waals surface area contributed by atoms with Crippen LogP contribution in [0, 0.1) is 16.0 Å². The smallest absolute Gasteiger partial charge is 0.345 e. The first-order chi connectivity index (χ1) is 6.16. The van der Waals surface area contributed by atoms with Gasteiger partial charge in [0, 0.05) is 13.1 Å². The minimum atomic E-state index is -0.398. The van der Waals surface area contributed by atoms with E-state index in [1.165, 1.54) is 6.20 Å². The molecule has 6 heteroatoms. The van der Waals surface area contributed by atoms with E-state index < -0.39 is 4.92 Å². The Morgan fingerprint density at radius 1 is 1.77 bits per heavy atom. The van der Waals surface area contributed by atoms with Crippen molar-refractivity contribution in [2.45, 2.75) is 6.92 Å². The SMILES string of the molecule is CC1CN(c2ncc([N+](=O)[O-])s2)C1. The zero-order valence-electron chi connectivity index (χ0n) is 7.14. The molecular formula is C7H9N3O2S. The van der Waals surface area contributed by atoms with Gasteiger partial charge in [0.15, 0.2) is 5.13 Å². The predicted octanol–water partition coefficient (Wildman–Crippen LogP) is 1.51. The van der Waals surface area contributed by atoms with E-state index in [1.807, 2.05) is 0 Å². The van der Waals surface area contributed by atoms with Gasteiger partial charge in [0.25, 0.3) is 0 Å². The largest absolute Gasteiger partial charge is 0.347 e. The van der Waals surface area contributed by atoms with Crippen molar-refractivity contribution in [3.05, 3.63) is 16.3 Å². The van der Waals surface area contributed by atoms with Crippen LogP contribution in [0.1, 0.15) is 6.92 Å². The van der Waals surface area contributed by atoms with E-state index in [-0.39, 0.29) is 5.00 Å². The normalized spacial score (nSPS) is 17.2. The second-order valence-corrected chi connectivity index (χ2v) is 4.24. The summed E-state index contributed by atoms with van der Waals surface area (Å²) in [5, 5.41) is 11.3. The quantitative estimate of drug-likeness (QED) is 0.535. The number of rotatable bonds is 2. The summed E-state index contributed by atoms with van der Waals surface area (Å²) >= 11 is 1.14. The number of anilines is 1. The van der Waals surface area contributed by atoms with E-state index in [2.05, 4.69) is 16.8 Å². The van der Waals surface area contributed by atoms with Crippen LogP contribution in [0.4, 0.5) is 10.1 Å². The molecule has 0 N–H and O–H groups in total. The third-order valence-electron chi connectivity index (χ3n) is 2.00. The molecule has 1 aromatic rings. The molecule has 13 heavy (non-hydrogen) atoms. The van der Waals surface area contributed by atoms with E-state index >= 15 is 0 Å². The average Bonchev–Trinajstić information content (AvgIpc) is 2.46. The van der Waals surface area contributed by atoms with Crippen LogP contribution in [0.2, 0.25) is 0 Å². The molecule has 0 unspecified atom stereocenters. The molecule has 1 saturated heterocycles. The molecule has 1 aliphatic rings. The highest BCUT2D eigenvalue weighted by Gasteiger charge is 2.26. The van der Waals surface area contributed by atoms with Gasteiger partial charge in [-0.3, -0.25) is 10.1 Å². The van der Waals surface area contributed by atoms with E-state index in [9.17, 15) is 10.1 Å². The molecule has 1 aliphatic heterocycles. The van der Waals surface area contributed by atoms with Gasteiger partial charge < -0.3 is 4.90 Å². The topological polar surface area (TPSA) is 59.3 Å². The van der Waals surface area contributed by atoms with Gasteiger partial charge in [-0.05, 0) is 17.3 Å². The number of aromatic nitrogens is 1. The zero-order chi connectivity index (χ0) is 9.42. The molecule has 0 atom stereocenters. The minimum absolute atomic E-state index is 0.120. The van der Waals surface area contributed by atoms with E-state index in [0.717, 1.165) is 29.6 Å². The van der Waals surface area contributed by atoms with Crippen molar-refractivity contribution in [2.24, 2.45) is 5.92 Å². The van der Waals surface area contributed by atoms with Crippen molar-refractivity contribution in [3.8, 4) is 0 Å². The van der Waals surface area contributed by atoms with Gasteiger partial charge in [0.2, 0.25) is 0 Å². The highest BCUT2D eigenvalue weighted by atomic mass is 32.1. The Hall–Kier alpha value is -1.17. The monoisotopic (exact) mass is 199 g/mol. The van der Waals surface area contributed by atoms with Gasteiger partial charge in [-0.2, -0.15) is 0 Å². The molecule has 0 amide bonds. The lowest BCUT2D eigenvalue weighted by Crippen LogP contribution is -2.45. The van der Waals surface area contributed by atoms with Crippen LogP contribution < -0.4 is 4.90 Å². The van der Waals surface area contributed by atoms with Crippen LogP contribution in [-0.2, 0) is 0 Å². The highest BCUT2D eigenvalue weighted by molar-refractivity contribution is 7.18. The van der Waals surface area contributed by atoms with Crippen LogP contribution in [0.15, 0.2) is 6.20 Å². The number of nitrogens with zero attached hydrogens (tertiary/aromatic N) is 3. The lowest BCUT2D eigenvalue weighted by Gasteiger charge is -2.36. The summed E-state index contributed by atoms with van der Waals surface area (Å²) in [5.41, 5.74) is 0. The van der Waals surface area contributed by atoms with Gasteiger partial charge >= 0.3 is 5.00 Å². The Morgan fingerprint density at radius 3 is 2.92 bits per heavy atom. The molecule has 5 nitrogen and oxygen atoms in total. The van der Waals surface area contributed by atoms with Gasteiger partial charge in [0.05, 0.1) is 4.92 Å². The van der Waals surface area contributed by atoms with Crippen molar-refractivity contribution >= 4 is 21.5 Å². The molecule has 0 bridgehead atoms. The maximum atomic E-state index is 10.4. The van der Waals surface area contributed by atoms with E-state index in [1.54, 1.807) is 0 Å². The lowest BCUT2D eigenvalue weighted by molar-refractivity contribution is -0.380. The van der Waals surface area contributed by atoms with Crippen molar-refractivity contribution in [1.82, 2.24) is 4.98 Å². The van der Waals surface area contributed by atoms with Crippen molar-refractivity contribution in [2.75, 3.05) is 18.0 Å². The zero-order valence-corrected chi connectivity index (χ0v) is 7.95. The minimum Gasteiger partial charge on any atom is -0.347 e. The second-order valence-electron chi connectivity index (χ2n) is 3.25. The summed E-state index contributed by atoms with van der Waals surface area (Å²) in [6.07, 6.45) is 1.32. The molecule has 2 heterocycles. The fourth-order valence-corrected chi connectivity index (χ4v) is 2.09. The van der Waals surface area contributed by atoms with E-state index in [4.69, 9.17) is 0 Å². The van der Waals surface area contributed by atoms with Gasteiger partial charge in [0.1, 0.15) is 6.20 Å². The summed E-state index contributed by atoms with van der Waals surface area (Å²) in [7, 11) is 0. The third kappa shape index (κ3) is 1.49. The maximum Gasteiger partial charge on any atom is 0.345 e. The first-order valence-electron chi connectivity index (χ1n) is 4.02. The van der Waals surface area contributed by atoms with Crippen LogP contribution in [0.3, 0.4) is 0 Å². The van der Waals surface area contributed by atoms with Crippen LogP contribution in [0.5, 0.6) is 0 Å². The van der Waals surface area contributed by atoms with Gasteiger partial charge in [-0.1, -0.05) is 6.92 Å². The van der Waals surface area contributed by atoms with Gasteiger partial charge in [-0.25, -0.2) is 4.98 Å². The van der Waals surface area contributed by atoms with Gasteiger partial charge in [-0.15, -0.1) is 0 Å². The standard InChI is InChI=1S/C7H9N3O2S/c1-5-3-9(4-5)7-8-2-6(13-7)10(11)12/h2,5H,3-4H2,1H3. The predicted molar refractivity (Wildman–Crippen MR) is 50.1 cm³/mol. The Labute approximate surface area is 79.2 Å². The molecule has 1 aromatic heterocycles. The van der Waals surface area contributed by atoms with Crippen molar-refractivity contribution < 1.29 is 4.92 Å². The highest BCUT2D eigenvalue weighted by Crippen LogP contribution is 2.32. The first kappa shape index (κ1) is 8.43. The second kappa shape index (κ2) is 2.95. The van der Waals surface area contributed by atoms with Crippen LogP contribution in [0.25, 0.3) is 0 Å². The fraction of sp³-hybridized carbons (Fsp3) is 0.571. The summed E-state index contributed by atoms with van der Waals surface area (Å²) < 4.78 is 0. The lowest BCUT2D eigenvalue weighted by atomic mass is 10.0. The Kier molecular flexibility index (Phi) is 1.91. The third-order valence-corrected chi connectivity index (χ3v) is 3.01. The van der Waals surface area contributed by atoms with Crippen molar-refractivity contribution in [1.29, 1.82) is 0 Å². The molecule has 70 valence electrons. The Morgan fingerprint density at radius 2 is 2.46 bits per heavy atom. The summed E-state index contributed by atoms with van der Waals surface area (Å²) in [4.78, 5) is 16.0. The first-order valence-corrected chi connectivity index (χ1v) is 4.83. The average molecular weight is 199 g/mol. The summed E-state index contributed by atoms with van der Waals surface area (Å²) in [6.45, 7) is 4.08. The molecule has 0 aliphatic carbocycles. The molecule has 0 aromatic carbocycles. The molecule has 0 spiro atoms. The molecule has 0 saturated carbocycles. The van der Waals surface area contributed by atoms with Crippen LogP contribution >= 0.6 is 11.3 Å². The molecule has 1 fully saturated rings.